The predicted octanol–water partition coefficient (Wildman–Crippen LogP) is 4.52. The number of rotatable bonds is 6. The van der Waals surface area contributed by atoms with Crippen molar-refractivity contribution in [3.05, 3.63) is 78.6 Å². The van der Waals surface area contributed by atoms with E-state index in [0.717, 1.165) is 47.4 Å². The number of pyridine rings is 1. The molecule has 2 aliphatic rings. The van der Waals surface area contributed by atoms with E-state index in [9.17, 15) is 4.79 Å². The third-order valence-electron chi connectivity index (χ3n) is 7.43. The van der Waals surface area contributed by atoms with Crippen LogP contribution >= 0.6 is 0 Å². The molecule has 3 heterocycles. The summed E-state index contributed by atoms with van der Waals surface area (Å²) in [6.07, 6.45) is 7.91. The van der Waals surface area contributed by atoms with E-state index in [1.807, 2.05) is 24.4 Å². The minimum absolute atomic E-state index is 0.425. The Kier molecular flexibility index (Phi) is 5.62. The molecule has 0 unspecified atom stereocenters. The van der Waals surface area contributed by atoms with Gasteiger partial charge in [0.25, 0.3) is 0 Å². The second-order valence-electron chi connectivity index (χ2n) is 9.47. The van der Waals surface area contributed by atoms with Crippen LogP contribution in [0, 0.1) is 0 Å². The van der Waals surface area contributed by atoms with Gasteiger partial charge in [-0.2, -0.15) is 0 Å². The third kappa shape index (κ3) is 4.23. The molecule has 0 radical (unpaired) electrons. The number of carbonyl (C=O) groups excluding carboxylic acids is 1. The molecule has 7 nitrogen and oxygen atoms in total. The average Bonchev–Trinajstić information content (AvgIpc) is 3.35. The number of benzene rings is 2. The molecule has 35 heavy (non-hydrogen) atoms. The quantitative estimate of drug-likeness (QED) is 0.437. The zero-order valence-corrected chi connectivity index (χ0v) is 19.7. The number of hydrogen-bond donors (Lipinski definition) is 2. The second kappa shape index (κ2) is 9.07. The largest absolute Gasteiger partial charge is 0.369 e. The van der Waals surface area contributed by atoms with Crippen LogP contribution in [0.15, 0.2) is 73.1 Å². The molecule has 7 heteroatoms. The Labute approximate surface area is 205 Å². The Hall–Kier alpha value is -3.84. The highest BCUT2D eigenvalue weighted by Gasteiger charge is 2.27. The zero-order valence-electron chi connectivity index (χ0n) is 19.7. The normalized spacial score (nSPS) is 16.9. The molecular weight excluding hydrogens is 436 g/mol. The van der Waals surface area contributed by atoms with Crippen LogP contribution in [0.1, 0.15) is 29.6 Å². The summed E-state index contributed by atoms with van der Waals surface area (Å²) < 4.78 is 2.05. The van der Waals surface area contributed by atoms with Gasteiger partial charge < -0.3 is 16.0 Å². The first-order valence-corrected chi connectivity index (χ1v) is 12.4. The minimum Gasteiger partial charge on any atom is -0.369 e. The maximum absolute atomic E-state index is 11.4. The van der Waals surface area contributed by atoms with Gasteiger partial charge in [-0.05, 0) is 66.9 Å². The van der Waals surface area contributed by atoms with Gasteiger partial charge >= 0.3 is 0 Å². The lowest BCUT2D eigenvalue weighted by molar-refractivity contribution is 0.100. The number of nitrogens with two attached hydrogens (primary N) is 1. The summed E-state index contributed by atoms with van der Waals surface area (Å²) in [6.45, 7) is 4.53. The fraction of sp³-hybridized carbons (Fsp3) is 0.286. The van der Waals surface area contributed by atoms with Gasteiger partial charge in [0.15, 0.2) is 5.65 Å². The van der Waals surface area contributed by atoms with Crippen LogP contribution in [-0.2, 0) is 0 Å². The first-order valence-electron chi connectivity index (χ1n) is 12.4. The van der Waals surface area contributed by atoms with Crippen LogP contribution in [0.25, 0.3) is 16.9 Å². The maximum Gasteiger partial charge on any atom is 0.248 e. The van der Waals surface area contributed by atoms with E-state index in [4.69, 9.17) is 5.73 Å². The summed E-state index contributed by atoms with van der Waals surface area (Å²) in [5.74, 6) is -0.425. The zero-order chi connectivity index (χ0) is 23.8. The number of hydrogen-bond acceptors (Lipinski definition) is 5. The van der Waals surface area contributed by atoms with Crippen LogP contribution in [0.3, 0.4) is 0 Å². The molecule has 0 bridgehead atoms. The van der Waals surface area contributed by atoms with Gasteiger partial charge in [-0.3, -0.25) is 14.1 Å². The summed E-state index contributed by atoms with van der Waals surface area (Å²) >= 11 is 0. The van der Waals surface area contributed by atoms with Crippen molar-refractivity contribution >= 4 is 28.6 Å². The number of nitrogens with zero attached hydrogens (tertiary/aromatic N) is 4. The van der Waals surface area contributed by atoms with Crippen molar-refractivity contribution < 1.29 is 4.79 Å². The molecule has 1 aliphatic heterocycles. The van der Waals surface area contributed by atoms with Gasteiger partial charge in [-0.1, -0.05) is 18.6 Å². The van der Waals surface area contributed by atoms with Crippen molar-refractivity contribution in [1.29, 1.82) is 0 Å². The summed E-state index contributed by atoms with van der Waals surface area (Å²) in [7, 11) is 0. The molecule has 4 aromatic rings. The summed E-state index contributed by atoms with van der Waals surface area (Å²) in [6, 6.07) is 21.0. The predicted molar refractivity (Wildman–Crippen MR) is 140 cm³/mol. The average molecular weight is 467 g/mol. The van der Waals surface area contributed by atoms with E-state index < -0.39 is 5.91 Å². The van der Waals surface area contributed by atoms with Crippen LogP contribution in [-0.4, -0.2) is 52.4 Å². The Morgan fingerprint density at radius 3 is 2.31 bits per heavy atom. The maximum atomic E-state index is 11.4. The standard InChI is InChI=1S/C28H30N6O/c29-27(35)21-6-4-20(5-7-21)26-13-12-25(28-30-14-15-34(26)28)31-22-8-10-24(11-9-22)33-18-16-32(17-19-33)23-2-1-3-23/h4-15,23,31H,1-3,16-19H2,(H2,29,35). The molecule has 0 spiro atoms. The van der Waals surface area contributed by atoms with Crippen molar-refractivity contribution in [2.24, 2.45) is 5.73 Å². The molecule has 2 aromatic carbocycles. The Morgan fingerprint density at radius 1 is 0.914 bits per heavy atom. The Morgan fingerprint density at radius 2 is 1.66 bits per heavy atom. The number of nitrogens with one attached hydrogen (secondary N) is 1. The Bertz CT molecular complexity index is 1330. The van der Waals surface area contributed by atoms with Gasteiger partial charge in [0.1, 0.15) is 0 Å². The third-order valence-corrected chi connectivity index (χ3v) is 7.43. The van der Waals surface area contributed by atoms with Crippen LogP contribution in [0.5, 0.6) is 0 Å². The van der Waals surface area contributed by atoms with E-state index in [1.54, 1.807) is 18.3 Å². The van der Waals surface area contributed by atoms with Gasteiger partial charge in [-0.15, -0.1) is 0 Å². The molecule has 0 atom stereocenters. The van der Waals surface area contributed by atoms with Crippen molar-refractivity contribution in [2.75, 3.05) is 36.4 Å². The van der Waals surface area contributed by atoms with Gasteiger partial charge in [-0.25, -0.2) is 4.98 Å². The molecular formula is C28H30N6O. The highest BCUT2D eigenvalue weighted by Crippen LogP contribution is 2.30. The molecule has 1 saturated heterocycles. The van der Waals surface area contributed by atoms with Crippen molar-refractivity contribution in [2.45, 2.75) is 25.3 Å². The number of piperazine rings is 1. The summed E-state index contributed by atoms with van der Waals surface area (Å²) in [5.41, 5.74) is 12.0. The van der Waals surface area contributed by atoms with E-state index in [-0.39, 0.29) is 0 Å². The molecule has 1 aliphatic carbocycles. The number of amides is 1. The number of primary amides is 1. The van der Waals surface area contributed by atoms with Gasteiger partial charge in [0.2, 0.25) is 5.91 Å². The number of fused-ring (bicyclic) bond motifs is 1. The number of imidazole rings is 1. The van der Waals surface area contributed by atoms with E-state index in [2.05, 4.69) is 54.8 Å². The van der Waals surface area contributed by atoms with Crippen molar-refractivity contribution in [3.63, 3.8) is 0 Å². The van der Waals surface area contributed by atoms with Gasteiger partial charge in [0, 0.05) is 61.6 Å². The van der Waals surface area contributed by atoms with Gasteiger partial charge in [0.05, 0.1) is 11.4 Å². The van der Waals surface area contributed by atoms with Crippen LogP contribution in [0.2, 0.25) is 0 Å². The lowest BCUT2D eigenvalue weighted by Crippen LogP contribution is -2.52. The fourth-order valence-electron chi connectivity index (χ4n) is 5.16. The summed E-state index contributed by atoms with van der Waals surface area (Å²) in [4.78, 5) is 21.1. The van der Waals surface area contributed by atoms with Crippen LogP contribution < -0.4 is 16.0 Å². The van der Waals surface area contributed by atoms with E-state index in [1.165, 1.54) is 38.0 Å². The smallest absolute Gasteiger partial charge is 0.248 e. The first kappa shape index (κ1) is 21.7. The second-order valence-corrected chi connectivity index (χ2v) is 9.47. The minimum atomic E-state index is -0.425. The fourth-order valence-corrected chi connectivity index (χ4v) is 5.16. The molecule has 3 N–H and O–H groups in total. The lowest BCUT2D eigenvalue weighted by Gasteiger charge is -2.43. The van der Waals surface area contributed by atoms with Crippen molar-refractivity contribution in [1.82, 2.24) is 14.3 Å². The van der Waals surface area contributed by atoms with Crippen LogP contribution in [0.4, 0.5) is 17.1 Å². The highest BCUT2D eigenvalue weighted by molar-refractivity contribution is 5.93. The SMILES string of the molecule is NC(=O)c1ccc(-c2ccc(Nc3ccc(N4CCN(C5CCC5)CC4)cc3)c3nccn23)cc1. The summed E-state index contributed by atoms with van der Waals surface area (Å²) in [5, 5.41) is 3.53. The monoisotopic (exact) mass is 466 g/mol. The van der Waals surface area contributed by atoms with E-state index in [0.29, 0.717) is 5.56 Å². The first-order chi connectivity index (χ1) is 17.2. The van der Waals surface area contributed by atoms with Crippen molar-refractivity contribution in [3.8, 4) is 11.3 Å². The molecule has 178 valence electrons. The molecule has 2 aromatic heterocycles. The topological polar surface area (TPSA) is 78.9 Å². The molecule has 1 amide bonds. The number of aromatic nitrogens is 2. The van der Waals surface area contributed by atoms with E-state index >= 15 is 0 Å². The highest BCUT2D eigenvalue weighted by atomic mass is 16.1. The number of carbonyl (C=O) groups is 1. The Balaban J connectivity index is 1.17. The molecule has 1 saturated carbocycles. The molecule has 2 fully saturated rings. The lowest BCUT2D eigenvalue weighted by atomic mass is 9.91. The number of anilines is 3. The molecule has 6 rings (SSSR count).